The molecule has 5 heteroatoms. The van der Waals surface area contributed by atoms with Crippen molar-refractivity contribution in [3.63, 3.8) is 0 Å². The van der Waals surface area contributed by atoms with Crippen LogP contribution in [0, 0.1) is 5.92 Å². The molecule has 1 fully saturated rings. The molecule has 1 heterocycles. The molecule has 0 aromatic carbocycles. The minimum atomic E-state index is 0.0449. The number of likely N-dealkylation sites (N-methyl/N-ethyl adjacent to an activating group) is 1. The summed E-state index contributed by atoms with van der Waals surface area (Å²) in [5.74, 6) is 1.15. The molecular weight excluding hydrogens is 212 g/mol. The summed E-state index contributed by atoms with van der Waals surface area (Å²) in [6.07, 6.45) is 0. The summed E-state index contributed by atoms with van der Waals surface area (Å²) in [7, 11) is 0. The van der Waals surface area contributed by atoms with Crippen molar-refractivity contribution in [2.45, 2.75) is 13.8 Å². The number of carbonyl (C=O) groups excluding carboxylic acids is 2. The van der Waals surface area contributed by atoms with E-state index in [1.165, 1.54) is 0 Å². The number of rotatable bonds is 4. The number of carbonyl (C=O) groups is 2. The lowest BCUT2D eigenvalue weighted by atomic mass is 10.2. The third-order valence-corrected chi connectivity index (χ3v) is 3.21. The summed E-state index contributed by atoms with van der Waals surface area (Å²) >= 11 is 4.17. The Morgan fingerprint density at radius 2 is 1.80 bits per heavy atom. The van der Waals surface area contributed by atoms with Gasteiger partial charge in [-0.2, -0.15) is 12.6 Å². The Morgan fingerprint density at radius 3 is 2.33 bits per heavy atom. The van der Waals surface area contributed by atoms with Gasteiger partial charge in [0.05, 0.1) is 13.1 Å². The Kier molecular flexibility index (Phi) is 4.45. The van der Waals surface area contributed by atoms with Crippen LogP contribution in [0.3, 0.4) is 0 Å². The molecule has 0 spiro atoms. The molecule has 0 bridgehead atoms. The third-order valence-electron chi connectivity index (χ3n) is 2.58. The smallest absolute Gasteiger partial charge is 0.242 e. The number of amides is 2. The van der Waals surface area contributed by atoms with E-state index in [0.717, 1.165) is 5.75 Å². The highest BCUT2D eigenvalue weighted by Gasteiger charge is 2.29. The summed E-state index contributed by atoms with van der Waals surface area (Å²) < 4.78 is 0. The molecule has 1 rings (SSSR count). The average molecular weight is 230 g/mol. The maximum atomic E-state index is 11.7. The molecule has 0 radical (unpaired) electrons. The molecule has 1 unspecified atom stereocenters. The molecule has 0 N–H and O–H groups in total. The van der Waals surface area contributed by atoms with E-state index >= 15 is 0 Å². The van der Waals surface area contributed by atoms with E-state index < -0.39 is 0 Å². The van der Waals surface area contributed by atoms with Gasteiger partial charge in [-0.25, -0.2) is 0 Å². The number of hydrogen-bond donors (Lipinski definition) is 1. The van der Waals surface area contributed by atoms with E-state index in [9.17, 15) is 9.59 Å². The standard InChI is InChI=1S/C10H18N2O2S/c1-3-11-5-10(14)12(6-9(11)13)4-8(2)7-15/h8,15H,3-7H2,1-2H3. The number of nitrogens with zero attached hydrogens (tertiary/aromatic N) is 2. The topological polar surface area (TPSA) is 40.6 Å². The van der Waals surface area contributed by atoms with Crippen molar-refractivity contribution in [1.82, 2.24) is 9.80 Å². The first-order chi connectivity index (χ1) is 7.08. The molecule has 0 saturated carbocycles. The lowest BCUT2D eigenvalue weighted by molar-refractivity contribution is -0.150. The van der Waals surface area contributed by atoms with Crippen molar-refractivity contribution in [1.29, 1.82) is 0 Å². The first-order valence-corrected chi connectivity index (χ1v) is 5.88. The van der Waals surface area contributed by atoms with E-state index in [1.807, 2.05) is 13.8 Å². The van der Waals surface area contributed by atoms with Crippen molar-refractivity contribution < 1.29 is 9.59 Å². The highest BCUT2D eigenvalue weighted by molar-refractivity contribution is 7.80. The molecule has 1 aliphatic rings. The minimum Gasteiger partial charge on any atom is -0.332 e. The second kappa shape index (κ2) is 5.39. The Labute approximate surface area is 96.0 Å². The zero-order valence-corrected chi connectivity index (χ0v) is 10.2. The minimum absolute atomic E-state index is 0.0449. The maximum Gasteiger partial charge on any atom is 0.242 e. The summed E-state index contributed by atoms with van der Waals surface area (Å²) in [4.78, 5) is 26.5. The van der Waals surface area contributed by atoms with Crippen LogP contribution in [0.25, 0.3) is 0 Å². The van der Waals surface area contributed by atoms with Gasteiger partial charge in [-0.1, -0.05) is 6.92 Å². The molecule has 0 aromatic heterocycles. The van der Waals surface area contributed by atoms with Crippen LogP contribution in [0.1, 0.15) is 13.8 Å². The molecule has 1 saturated heterocycles. The molecule has 1 atom stereocenters. The number of hydrogen-bond acceptors (Lipinski definition) is 3. The van der Waals surface area contributed by atoms with Gasteiger partial charge < -0.3 is 9.80 Å². The van der Waals surface area contributed by atoms with Crippen LogP contribution in [0.5, 0.6) is 0 Å². The van der Waals surface area contributed by atoms with Crippen molar-refractivity contribution in [3.05, 3.63) is 0 Å². The van der Waals surface area contributed by atoms with Crippen molar-refractivity contribution in [2.24, 2.45) is 5.92 Å². The Balaban J connectivity index is 2.55. The number of piperazine rings is 1. The monoisotopic (exact) mass is 230 g/mol. The van der Waals surface area contributed by atoms with E-state index in [-0.39, 0.29) is 24.9 Å². The van der Waals surface area contributed by atoms with Crippen LogP contribution in [-0.2, 0) is 9.59 Å². The van der Waals surface area contributed by atoms with E-state index in [0.29, 0.717) is 19.0 Å². The van der Waals surface area contributed by atoms with Gasteiger partial charge in [0.2, 0.25) is 11.8 Å². The number of thiol groups is 1. The van der Waals surface area contributed by atoms with Gasteiger partial charge in [0.25, 0.3) is 0 Å². The van der Waals surface area contributed by atoms with Gasteiger partial charge in [0, 0.05) is 13.1 Å². The summed E-state index contributed by atoms with van der Waals surface area (Å²) in [6, 6.07) is 0. The fraction of sp³-hybridized carbons (Fsp3) is 0.800. The van der Waals surface area contributed by atoms with Gasteiger partial charge in [-0.05, 0) is 18.6 Å². The normalized spacial score (nSPS) is 19.7. The molecule has 2 amide bonds. The van der Waals surface area contributed by atoms with Gasteiger partial charge in [0.15, 0.2) is 0 Å². The molecule has 86 valence electrons. The summed E-state index contributed by atoms with van der Waals surface area (Å²) in [5, 5.41) is 0. The fourth-order valence-electron chi connectivity index (χ4n) is 1.59. The fourth-order valence-corrected chi connectivity index (χ4v) is 1.71. The van der Waals surface area contributed by atoms with Gasteiger partial charge in [0.1, 0.15) is 0 Å². The first-order valence-electron chi connectivity index (χ1n) is 5.24. The summed E-state index contributed by atoms with van der Waals surface area (Å²) in [6.45, 7) is 5.61. The quantitative estimate of drug-likeness (QED) is 0.703. The Morgan fingerprint density at radius 1 is 1.27 bits per heavy atom. The highest BCUT2D eigenvalue weighted by Crippen LogP contribution is 2.08. The second-order valence-electron chi connectivity index (χ2n) is 3.97. The van der Waals surface area contributed by atoms with Crippen LogP contribution in [0.4, 0.5) is 0 Å². The lowest BCUT2D eigenvalue weighted by Gasteiger charge is -2.34. The van der Waals surface area contributed by atoms with Crippen LogP contribution in [0.15, 0.2) is 0 Å². The molecular formula is C10H18N2O2S. The average Bonchev–Trinajstić information content (AvgIpc) is 2.22. The van der Waals surface area contributed by atoms with Gasteiger partial charge in [-0.15, -0.1) is 0 Å². The molecule has 4 nitrogen and oxygen atoms in total. The molecule has 15 heavy (non-hydrogen) atoms. The van der Waals surface area contributed by atoms with Crippen molar-refractivity contribution in [3.8, 4) is 0 Å². The zero-order valence-electron chi connectivity index (χ0n) is 9.27. The Bertz CT molecular complexity index is 258. The van der Waals surface area contributed by atoms with Crippen molar-refractivity contribution in [2.75, 3.05) is 31.9 Å². The molecule has 1 aliphatic heterocycles. The van der Waals surface area contributed by atoms with E-state index in [4.69, 9.17) is 0 Å². The van der Waals surface area contributed by atoms with Gasteiger partial charge in [-0.3, -0.25) is 9.59 Å². The van der Waals surface area contributed by atoms with Crippen LogP contribution < -0.4 is 0 Å². The largest absolute Gasteiger partial charge is 0.332 e. The SMILES string of the molecule is CCN1CC(=O)N(CC(C)CS)CC1=O. The van der Waals surface area contributed by atoms with Crippen LogP contribution in [-0.4, -0.2) is 53.5 Å². The highest BCUT2D eigenvalue weighted by atomic mass is 32.1. The Hall–Kier alpha value is -0.710. The molecule has 0 aliphatic carbocycles. The summed E-state index contributed by atoms with van der Waals surface area (Å²) in [5.41, 5.74) is 0. The molecule has 0 aromatic rings. The van der Waals surface area contributed by atoms with E-state index in [1.54, 1.807) is 9.80 Å². The second-order valence-corrected chi connectivity index (χ2v) is 4.34. The van der Waals surface area contributed by atoms with Crippen LogP contribution >= 0.6 is 12.6 Å². The zero-order chi connectivity index (χ0) is 11.4. The van der Waals surface area contributed by atoms with E-state index in [2.05, 4.69) is 12.6 Å². The predicted octanol–water partition coefficient (Wildman–Crippen LogP) is 0.243. The lowest BCUT2D eigenvalue weighted by Crippen LogP contribution is -2.54. The van der Waals surface area contributed by atoms with Crippen molar-refractivity contribution >= 4 is 24.4 Å². The first kappa shape index (κ1) is 12.4. The van der Waals surface area contributed by atoms with Crippen LogP contribution in [0.2, 0.25) is 0 Å². The van der Waals surface area contributed by atoms with Gasteiger partial charge >= 0.3 is 0 Å². The predicted molar refractivity (Wildman–Crippen MR) is 61.9 cm³/mol. The maximum absolute atomic E-state index is 11.7. The third kappa shape index (κ3) is 3.12.